The molecule has 0 aliphatic carbocycles. The maximum Gasteiger partial charge on any atom is 0.265 e. The van der Waals surface area contributed by atoms with Gasteiger partial charge in [-0.1, -0.05) is 23.7 Å². The number of amides is 1. The van der Waals surface area contributed by atoms with Crippen LogP contribution in [0.4, 0.5) is 10.1 Å². The molecule has 1 saturated heterocycles. The van der Waals surface area contributed by atoms with Crippen LogP contribution in [0.1, 0.15) is 10.4 Å². The molecule has 0 atom stereocenters. The van der Waals surface area contributed by atoms with Crippen LogP contribution < -0.4 is 15.8 Å². The van der Waals surface area contributed by atoms with E-state index in [0.29, 0.717) is 45.9 Å². The Balaban J connectivity index is 1.20. The van der Waals surface area contributed by atoms with Crippen LogP contribution in [0.3, 0.4) is 0 Å². The van der Waals surface area contributed by atoms with Crippen molar-refractivity contribution in [2.75, 3.05) is 44.2 Å². The summed E-state index contributed by atoms with van der Waals surface area (Å²) >= 11 is 6.03. The van der Waals surface area contributed by atoms with Crippen molar-refractivity contribution >= 4 is 39.7 Å². The zero-order valence-corrected chi connectivity index (χ0v) is 19.1. The van der Waals surface area contributed by atoms with E-state index in [1.165, 1.54) is 16.7 Å². The number of piperazine rings is 1. The summed E-state index contributed by atoms with van der Waals surface area (Å²) in [7, 11) is 0. The smallest absolute Gasteiger partial charge is 0.265 e. The number of carbonyl (C=O) groups is 1. The van der Waals surface area contributed by atoms with E-state index in [0.717, 1.165) is 26.2 Å². The van der Waals surface area contributed by atoms with E-state index in [-0.39, 0.29) is 17.3 Å². The lowest BCUT2D eigenvalue weighted by Crippen LogP contribution is -2.48. The second-order valence-electron chi connectivity index (χ2n) is 8.26. The van der Waals surface area contributed by atoms with Crippen LogP contribution in [0.25, 0.3) is 16.6 Å². The van der Waals surface area contributed by atoms with Crippen molar-refractivity contribution in [2.24, 2.45) is 0 Å². The predicted octanol–water partition coefficient (Wildman–Crippen LogP) is 3.19. The summed E-state index contributed by atoms with van der Waals surface area (Å²) in [5.41, 5.74) is 1.75. The Labute approximate surface area is 200 Å². The summed E-state index contributed by atoms with van der Waals surface area (Å²) in [6, 6.07) is 15.1. The molecule has 174 valence electrons. The van der Waals surface area contributed by atoms with Crippen LogP contribution >= 0.6 is 11.6 Å². The first-order chi connectivity index (χ1) is 16.5. The highest BCUT2D eigenvalue weighted by atomic mass is 35.5. The van der Waals surface area contributed by atoms with E-state index >= 15 is 0 Å². The Morgan fingerprint density at radius 2 is 1.85 bits per heavy atom. The largest absolute Gasteiger partial charge is 0.367 e. The lowest BCUT2D eigenvalue weighted by Gasteiger charge is -2.36. The zero-order chi connectivity index (χ0) is 23.7. The van der Waals surface area contributed by atoms with E-state index in [1.54, 1.807) is 42.5 Å². The number of carbonyl (C=O) groups excluding carboxylic acids is 1. The molecule has 0 unspecified atom stereocenters. The number of anilines is 1. The third-order valence-electron chi connectivity index (χ3n) is 6.11. The van der Waals surface area contributed by atoms with Crippen LogP contribution in [0, 0.1) is 5.82 Å². The van der Waals surface area contributed by atoms with Gasteiger partial charge in [0.25, 0.3) is 11.5 Å². The highest BCUT2D eigenvalue weighted by molar-refractivity contribution is 6.31. The lowest BCUT2D eigenvalue weighted by molar-refractivity contribution is 0.0947. The summed E-state index contributed by atoms with van der Waals surface area (Å²) in [6.07, 6.45) is 1.51. The number of pyridine rings is 1. The molecule has 0 saturated carbocycles. The number of nitrogens with zero attached hydrogens (tertiary/aromatic N) is 4. The molecule has 1 amide bonds. The Hall–Kier alpha value is -3.49. The first-order valence-electron chi connectivity index (χ1n) is 11.1. The van der Waals surface area contributed by atoms with Gasteiger partial charge in [0.1, 0.15) is 11.5 Å². The molecular formula is C25H23ClFN5O2. The topological polar surface area (TPSA) is 70.0 Å². The van der Waals surface area contributed by atoms with Crippen molar-refractivity contribution in [1.29, 1.82) is 0 Å². The minimum atomic E-state index is -0.273. The molecule has 7 nitrogen and oxygen atoms in total. The van der Waals surface area contributed by atoms with Gasteiger partial charge in [0, 0.05) is 50.5 Å². The fourth-order valence-electron chi connectivity index (χ4n) is 4.26. The molecule has 0 bridgehead atoms. The van der Waals surface area contributed by atoms with Gasteiger partial charge in [0.2, 0.25) is 0 Å². The molecule has 0 spiro atoms. The van der Waals surface area contributed by atoms with Crippen LogP contribution in [-0.4, -0.2) is 59.5 Å². The number of halogens is 2. The van der Waals surface area contributed by atoms with Gasteiger partial charge in [-0.15, -0.1) is 0 Å². The molecule has 5 rings (SSSR count). The van der Waals surface area contributed by atoms with Gasteiger partial charge in [-0.25, -0.2) is 9.37 Å². The van der Waals surface area contributed by atoms with Gasteiger partial charge in [-0.05, 0) is 42.5 Å². The SMILES string of the molecule is O=C(NCCN1CCN(c2ccccc2F)CC1)c1ccc2nc3ccc(Cl)cc3c(=O)n2c1. The van der Waals surface area contributed by atoms with Gasteiger partial charge in [0.05, 0.1) is 22.2 Å². The number of benzene rings is 2. The Kier molecular flexibility index (Phi) is 6.17. The predicted molar refractivity (Wildman–Crippen MR) is 131 cm³/mol. The van der Waals surface area contributed by atoms with Gasteiger partial charge in [0.15, 0.2) is 0 Å². The summed E-state index contributed by atoms with van der Waals surface area (Å²) in [5.74, 6) is -0.464. The first-order valence-corrected chi connectivity index (χ1v) is 11.5. The van der Waals surface area contributed by atoms with E-state index in [1.807, 2.05) is 11.0 Å². The third-order valence-corrected chi connectivity index (χ3v) is 6.35. The molecule has 1 N–H and O–H groups in total. The number of nitrogens with one attached hydrogen (secondary N) is 1. The fraction of sp³-hybridized carbons (Fsp3) is 0.240. The number of aromatic nitrogens is 2. The molecule has 2 aromatic heterocycles. The van der Waals surface area contributed by atoms with E-state index in [2.05, 4.69) is 15.2 Å². The van der Waals surface area contributed by atoms with Gasteiger partial charge in [-0.3, -0.25) is 18.9 Å². The standard InChI is InChI=1S/C25H23ClFN5O2/c26-18-6-7-21-19(15-18)25(34)32-16-17(5-8-23(32)29-21)24(33)28-9-10-30-11-13-31(14-12-30)22-4-2-1-3-20(22)27/h1-8,15-16H,9-14H2,(H,28,33). The van der Waals surface area contributed by atoms with Crippen LogP contribution in [-0.2, 0) is 0 Å². The summed E-state index contributed by atoms with van der Waals surface area (Å²) in [4.78, 5) is 34.3. The number of rotatable bonds is 5. The van der Waals surface area contributed by atoms with E-state index in [4.69, 9.17) is 11.6 Å². The van der Waals surface area contributed by atoms with Crippen molar-refractivity contribution in [3.05, 3.63) is 87.6 Å². The molecule has 1 aliphatic heterocycles. The Morgan fingerprint density at radius 3 is 2.65 bits per heavy atom. The van der Waals surface area contributed by atoms with Crippen molar-refractivity contribution < 1.29 is 9.18 Å². The number of para-hydroxylation sites is 1. The number of hydrogen-bond donors (Lipinski definition) is 1. The summed E-state index contributed by atoms with van der Waals surface area (Å²) in [5, 5.41) is 3.77. The van der Waals surface area contributed by atoms with Crippen LogP contribution in [0.15, 0.2) is 65.6 Å². The second kappa shape index (κ2) is 9.40. The minimum Gasteiger partial charge on any atom is -0.367 e. The Morgan fingerprint density at radius 1 is 1.06 bits per heavy atom. The van der Waals surface area contributed by atoms with Gasteiger partial charge >= 0.3 is 0 Å². The summed E-state index contributed by atoms with van der Waals surface area (Å²) < 4.78 is 15.4. The van der Waals surface area contributed by atoms with E-state index in [9.17, 15) is 14.0 Å². The molecule has 9 heteroatoms. The molecule has 1 fully saturated rings. The average Bonchev–Trinajstić information content (AvgIpc) is 2.85. The van der Waals surface area contributed by atoms with E-state index < -0.39 is 0 Å². The average molecular weight is 480 g/mol. The molecular weight excluding hydrogens is 457 g/mol. The lowest BCUT2D eigenvalue weighted by atomic mass is 10.2. The quantitative estimate of drug-likeness (QED) is 0.445. The second-order valence-corrected chi connectivity index (χ2v) is 8.70. The highest BCUT2D eigenvalue weighted by Gasteiger charge is 2.19. The number of hydrogen-bond acceptors (Lipinski definition) is 5. The fourth-order valence-corrected chi connectivity index (χ4v) is 4.43. The van der Waals surface area contributed by atoms with Crippen molar-refractivity contribution in [2.45, 2.75) is 0 Å². The minimum absolute atomic E-state index is 0.205. The summed E-state index contributed by atoms with van der Waals surface area (Å²) in [6.45, 7) is 4.20. The van der Waals surface area contributed by atoms with Crippen molar-refractivity contribution in [3.63, 3.8) is 0 Å². The molecule has 4 aromatic rings. The molecule has 0 radical (unpaired) electrons. The van der Waals surface area contributed by atoms with Gasteiger partial charge in [-0.2, -0.15) is 0 Å². The molecule has 3 heterocycles. The normalized spacial score (nSPS) is 14.6. The first kappa shape index (κ1) is 22.3. The Bertz CT molecular complexity index is 1430. The van der Waals surface area contributed by atoms with Crippen molar-refractivity contribution in [1.82, 2.24) is 19.6 Å². The molecule has 34 heavy (non-hydrogen) atoms. The maximum absolute atomic E-state index is 14.0. The number of fused-ring (bicyclic) bond motifs is 2. The third kappa shape index (κ3) is 4.47. The van der Waals surface area contributed by atoms with Gasteiger partial charge < -0.3 is 10.2 Å². The van der Waals surface area contributed by atoms with Crippen LogP contribution in [0.2, 0.25) is 5.02 Å². The highest BCUT2D eigenvalue weighted by Crippen LogP contribution is 2.20. The molecule has 2 aromatic carbocycles. The van der Waals surface area contributed by atoms with Crippen LogP contribution in [0.5, 0.6) is 0 Å². The molecule has 1 aliphatic rings. The maximum atomic E-state index is 14.0. The monoisotopic (exact) mass is 479 g/mol. The van der Waals surface area contributed by atoms with Crippen molar-refractivity contribution in [3.8, 4) is 0 Å². The zero-order valence-electron chi connectivity index (χ0n) is 18.4.